The van der Waals surface area contributed by atoms with E-state index in [-0.39, 0.29) is 18.1 Å². The molecule has 0 saturated carbocycles. The molecule has 2 aromatic rings. The Balaban J connectivity index is 1.45. The molecule has 0 spiro atoms. The molecular formula is C24H26N2O6. The highest BCUT2D eigenvalue weighted by molar-refractivity contribution is 5.93. The van der Waals surface area contributed by atoms with E-state index in [1.54, 1.807) is 19.1 Å². The first kappa shape index (κ1) is 20.9. The summed E-state index contributed by atoms with van der Waals surface area (Å²) < 4.78 is 22.5. The van der Waals surface area contributed by atoms with Gasteiger partial charge in [-0.25, -0.2) is 4.79 Å². The molecule has 5 rings (SSSR count). The van der Waals surface area contributed by atoms with Crippen LogP contribution in [0.15, 0.2) is 60.7 Å². The number of rotatable bonds is 7. The number of fused-ring (bicyclic) bond motifs is 1. The lowest BCUT2D eigenvalue weighted by Gasteiger charge is -2.50. The molecule has 6 atom stereocenters. The Morgan fingerprint density at radius 1 is 0.938 bits per heavy atom. The van der Waals surface area contributed by atoms with Crippen molar-refractivity contribution in [3.8, 4) is 0 Å². The fourth-order valence-corrected chi connectivity index (χ4v) is 4.96. The van der Waals surface area contributed by atoms with Crippen LogP contribution in [0.1, 0.15) is 17.2 Å². The van der Waals surface area contributed by atoms with E-state index in [2.05, 4.69) is 0 Å². The van der Waals surface area contributed by atoms with Crippen LogP contribution in [0.2, 0.25) is 0 Å². The minimum atomic E-state index is -0.706. The number of amides is 2. The summed E-state index contributed by atoms with van der Waals surface area (Å²) in [6.07, 6.45) is -2.72. The standard InChI is InChI=1S/C24H26N2O6/c1-29-14-17-20(30-2)21-23(31-17)26(24(28)32-21)19-18(16-11-7-4-8-12-16)25(22(19)27)13-15-9-5-3-6-10-15/h3-12,17-21,23H,13-14H2,1-2H3/t17-,18-,19+,20+,21-,23+/m1/s1. The Morgan fingerprint density at radius 2 is 1.62 bits per heavy atom. The minimum absolute atomic E-state index is 0.131. The van der Waals surface area contributed by atoms with Crippen molar-refractivity contribution >= 4 is 12.0 Å². The number of benzene rings is 2. The van der Waals surface area contributed by atoms with Crippen LogP contribution < -0.4 is 0 Å². The number of hydrogen-bond donors (Lipinski definition) is 0. The zero-order valence-electron chi connectivity index (χ0n) is 18.0. The van der Waals surface area contributed by atoms with Crippen LogP contribution in [0.3, 0.4) is 0 Å². The average molecular weight is 438 g/mol. The number of likely N-dealkylation sites (tertiary alicyclic amines) is 1. The second kappa shape index (κ2) is 8.54. The van der Waals surface area contributed by atoms with Crippen molar-refractivity contribution in [3.63, 3.8) is 0 Å². The van der Waals surface area contributed by atoms with Gasteiger partial charge in [0.1, 0.15) is 18.2 Å². The van der Waals surface area contributed by atoms with Gasteiger partial charge < -0.3 is 23.8 Å². The van der Waals surface area contributed by atoms with Crippen LogP contribution in [-0.2, 0) is 30.3 Å². The smallest absolute Gasteiger partial charge is 0.413 e. The van der Waals surface area contributed by atoms with Gasteiger partial charge in [-0.05, 0) is 11.1 Å². The molecule has 0 bridgehead atoms. The predicted octanol–water partition coefficient (Wildman–Crippen LogP) is 2.35. The summed E-state index contributed by atoms with van der Waals surface area (Å²) in [6, 6.07) is 18.6. The van der Waals surface area contributed by atoms with E-state index in [1.807, 2.05) is 60.7 Å². The van der Waals surface area contributed by atoms with Crippen LogP contribution in [0.4, 0.5) is 4.79 Å². The van der Waals surface area contributed by atoms with Gasteiger partial charge in [0.25, 0.3) is 0 Å². The van der Waals surface area contributed by atoms with Gasteiger partial charge in [-0.2, -0.15) is 0 Å². The Hall–Kier alpha value is -2.94. The topological polar surface area (TPSA) is 77.5 Å². The first-order chi connectivity index (χ1) is 15.6. The maximum Gasteiger partial charge on any atom is 0.413 e. The summed E-state index contributed by atoms with van der Waals surface area (Å²) in [4.78, 5) is 29.5. The highest BCUT2D eigenvalue weighted by atomic mass is 16.7. The molecule has 2 amide bonds. The number of hydrogen-bond acceptors (Lipinski definition) is 6. The van der Waals surface area contributed by atoms with Gasteiger partial charge in [-0.1, -0.05) is 60.7 Å². The highest BCUT2D eigenvalue weighted by Gasteiger charge is 2.63. The van der Waals surface area contributed by atoms with Gasteiger partial charge in [0.15, 0.2) is 12.3 Å². The first-order valence-corrected chi connectivity index (χ1v) is 10.7. The molecule has 2 aromatic carbocycles. The maximum atomic E-state index is 13.4. The highest BCUT2D eigenvalue weighted by Crippen LogP contribution is 2.45. The molecule has 0 aliphatic carbocycles. The molecule has 3 aliphatic heterocycles. The molecule has 8 nitrogen and oxygen atoms in total. The van der Waals surface area contributed by atoms with E-state index in [9.17, 15) is 9.59 Å². The first-order valence-electron chi connectivity index (χ1n) is 10.7. The third kappa shape index (κ3) is 3.35. The summed E-state index contributed by atoms with van der Waals surface area (Å²) in [7, 11) is 3.13. The zero-order chi connectivity index (χ0) is 22.2. The van der Waals surface area contributed by atoms with Gasteiger partial charge in [0, 0.05) is 20.8 Å². The van der Waals surface area contributed by atoms with Crippen LogP contribution in [0, 0.1) is 0 Å². The molecule has 168 valence electrons. The number of nitrogens with zero attached hydrogens (tertiary/aromatic N) is 2. The van der Waals surface area contributed by atoms with Crippen molar-refractivity contribution < 1.29 is 28.5 Å². The molecular weight excluding hydrogens is 412 g/mol. The Morgan fingerprint density at radius 3 is 2.28 bits per heavy atom. The number of methoxy groups -OCH3 is 2. The van der Waals surface area contributed by atoms with E-state index >= 15 is 0 Å². The summed E-state index contributed by atoms with van der Waals surface area (Å²) in [5.74, 6) is -0.131. The molecule has 0 N–H and O–H groups in total. The second-order valence-electron chi connectivity index (χ2n) is 8.23. The normalized spacial score (nSPS) is 31.4. The third-order valence-corrected chi connectivity index (χ3v) is 6.42. The summed E-state index contributed by atoms with van der Waals surface area (Å²) in [6.45, 7) is 0.762. The molecule has 3 heterocycles. The average Bonchev–Trinajstić information content (AvgIpc) is 3.30. The molecule has 3 aliphatic rings. The summed E-state index contributed by atoms with van der Waals surface area (Å²) >= 11 is 0. The van der Waals surface area contributed by atoms with Gasteiger partial charge in [-0.15, -0.1) is 0 Å². The third-order valence-electron chi connectivity index (χ3n) is 6.42. The number of carbonyl (C=O) groups is 2. The Labute approximate surface area is 186 Å². The summed E-state index contributed by atoms with van der Waals surface area (Å²) in [5, 5.41) is 0. The van der Waals surface area contributed by atoms with Crippen molar-refractivity contribution in [1.29, 1.82) is 0 Å². The van der Waals surface area contributed by atoms with E-state index in [4.69, 9.17) is 18.9 Å². The largest absolute Gasteiger partial charge is 0.438 e. The molecule has 32 heavy (non-hydrogen) atoms. The van der Waals surface area contributed by atoms with E-state index in [0.717, 1.165) is 11.1 Å². The van der Waals surface area contributed by atoms with Gasteiger partial charge in [0.2, 0.25) is 5.91 Å². The minimum Gasteiger partial charge on any atom is -0.438 e. The SMILES string of the molecule is COC[C@H]1O[C@H]2[C@H](OC(=O)N2[C@@H]2C(=O)N(Cc3ccccc3)[C@@H]2c2ccccc2)[C@H]1OC. The Kier molecular flexibility index (Phi) is 5.58. The molecule has 0 aromatic heterocycles. The second-order valence-corrected chi connectivity index (χ2v) is 8.23. The lowest BCUT2D eigenvalue weighted by Crippen LogP contribution is -2.67. The van der Waals surface area contributed by atoms with Crippen LogP contribution >= 0.6 is 0 Å². The van der Waals surface area contributed by atoms with E-state index in [0.29, 0.717) is 13.2 Å². The van der Waals surface area contributed by atoms with Gasteiger partial charge >= 0.3 is 6.09 Å². The Bertz CT molecular complexity index is 971. The lowest BCUT2D eigenvalue weighted by atomic mass is 9.86. The van der Waals surface area contributed by atoms with Gasteiger partial charge in [0.05, 0.1) is 12.6 Å². The van der Waals surface area contributed by atoms with Crippen molar-refractivity contribution in [2.45, 2.75) is 43.2 Å². The number of carbonyl (C=O) groups excluding carboxylic acids is 2. The van der Waals surface area contributed by atoms with Crippen LogP contribution in [0.25, 0.3) is 0 Å². The predicted molar refractivity (Wildman–Crippen MR) is 113 cm³/mol. The maximum absolute atomic E-state index is 13.4. The number of ether oxygens (including phenoxy) is 4. The molecule has 3 saturated heterocycles. The molecule has 0 radical (unpaired) electrons. The van der Waals surface area contributed by atoms with E-state index in [1.165, 1.54) is 4.90 Å². The van der Waals surface area contributed by atoms with Gasteiger partial charge in [-0.3, -0.25) is 9.69 Å². The molecule has 0 unspecified atom stereocenters. The van der Waals surface area contributed by atoms with Crippen molar-refractivity contribution in [2.75, 3.05) is 20.8 Å². The molecule has 3 fully saturated rings. The fourth-order valence-electron chi connectivity index (χ4n) is 4.96. The fraction of sp³-hybridized carbons (Fsp3) is 0.417. The van der Waals surface area contributed by atoms with E-state index < -0.39 is 30.6 Å². The lowest BCUT2D eigenvalue weighted by molar-refractivity contribution is -0.167. The van der Waals surface area contributed by atoms with Crippen LogP contribution in [-0.4, -0.2) is 73.2 Å². The molecule has 8 heteroatoms. The number of β-lactam (4-membered cyclic amide) rings is 1. The monoisotopic (exact) mass is 438 g/mol. The quantitative estimate of drug-likeness (QED) is 0.618. The van der Waals surface area contributed by atoms with Crippen molar-refractivity contribution in [1.82, 2.24) is 9.80 Å². The van der Waals surface area contributed by atoms with Crippen LogP contribution in [0.5, 0.6) is 0 Å². The zero-order valence-corrected chi connectivity index (χ0v) is 18.0. The van der Waals surface area contributed by atoms with Crippen molar-refractivity contribution in [2.24, 2.45) is 0 Å². The van der Waals surface area contributed by atoms with Crippen molar-refractivity contribution in [3.05, 3.63) is 71.8 Å². The summed E-state index contributed by atoms with van der Waals surface area (Å²) in [5.41, 5.74) is 1.98.